The van der Waals surface area contributed by atoms with Crippen LogP contribution < -0.4 is 0 Å². The molecule has 48 heavy (non-hydrogen) atoms. The van der Waals surface area contributed by atoms with Gasteiger partial charge in [-0.1, -0.05) is 44.8 Å². The van der Waals surface area contributed by atoms with E-state index in [-0.39, 0.29) is 36.6 Å². The molecule has 0 unspecified atom stereocenters. The molecule has 0 saturated carbocycles. The summed E-state index contributed by atoms with van der Waals surface area (Å²) in [6.07, 6.45) is 3.55. The quantitative estimate of drug-likeness (QED) is 0.122. The van der Waals surface area contributed by atoms with Crippen LogP contribution in [0.1, 0.15) is 46.4 Å². The lowest BCUT2D eigenvalue weighted by molar-refractivity contribution is 0.0734. The molecule has 0 atom stereocenters. The van der Waals surface area contributed by atoms with Gasteiger partial charge in [0.05, 0.1) is 11.1 Å². The van der Waals surface area contributed by atoms with Gasteiger partial charge in [0.1, 0.15) is 0 Å². The summed E-state index contributed by atoms with van der Waals surface area (Å²) in [6, 6.07) is 10.9. The summed E-state index contributed by atoms with van der Waals surface area (Å²) < 4.78 is 0. The highest BCUT2D eigenvalue weighted by Crippen LogP contribution is 2.43. The molecule has 0 radical (unpaired) electrons. The number of rotatable bonds is 21. The Bertz CT molecular complexity index is 1120. The van der Waals surface area contributed by atoms with E-state index in [1.807, 2.05) is 90.4 Å². The van der Waals surface area contributed by atoms with E-state index in [4.69, 9.17) is 23.2 Å². The van der Waals surface area contributed by atoms with Crippen LogP contribution in [0.3, 0.4) is 0 Å². The van der Waals surface area contributed by atoms with Gasteiger partial charge in [0.25, 0.3) is 11.8 Å². The second-order valence-corrected chi connectivity index (χ2v) is 15.7. The van der Waals surface area contributed by atoms with Crippen LogP contribution in [0.15, 0.2) is 46.2 Å². The number of nitrogens with zero attached hydrogens (tertiary/aromatic N) is 6. The van der Waals surface area contributed by atoms with Gasteiger partial charge < -0.3 is 29.4 Å². The number of hydrogen-bond donors (Lipinski definition) is 0. The Hall–Kier alpha value is -0.920. The minimum Gasteiger partial charge on any atom is -0.339 e. The van der Waals surface area contributed by atoms with Gasteiger partial charge in [0, 0.05) is 46.0 Å². The molecule has 0 heterocycles. The zero-order chi connectivity index (χ0) is 34.2. The molecule has 8 nitrogen and oxygen atoms in total. The van der Waals surface area contributed by atoms with E-state index >= 15 is 0 Å². The largest absolute Gasteiger partial charge is 0.339 e. The Balaban J connectivity index is 0.0000110. The summed E-state index contributed by atoms with van der Waals surface area (Å²) in [7, 11) is 19.3. The van der Waals surface area contributed by atoms with Crippen molar-refractivity contribution >= 4 is 81.4 Å². The highest BCUT2D eigenvalue weighted by Gasteiger charge is 2.23. The molecular formula is C34H56Cl4N6O2S2. The van der Waals surface area contributed by atoms with E-state index in [9.17, 15) is 9.59 Å². The number of hydrogen-bond acceptors (Lipinski definition) is 8. The van der Waals surface area contributed by atoms with E-state index < -0.39 is 0 Å². The summed E-state index contributed by atoms with van der Waals surface area (Å²) in [5.74, 6) is -0.0136. The van der Waals surface area contributed by atoms with Crippen molar-refractivity contribution in [3.05, 3.63) is 57.6 Å². The van der Waals surface area contributed by atoms with Crippen molar-refractivity contribution in [3.8, 4) is 0 Å². The van der Waals surface area contributed by atoms with Gasteiger partial charge in [-0.25, -0.2) is 0 Å². The molecule has 2 aromatic carbocycles. The van der Waals surface area contributed by atoms with E-state index in [0.29, 0.717) is 47.4 Å². The molecule has 2 rings (SSSR count). The smallest absolute Gasteiger partial charge is 0.255 e. The second-order valence-electron chi connectivity index (χ2n) is 12.7. The third-order valence-corrected chi connectivity index (χ3v) is 10.2. The summed E-state index contributed by atoms with van der Waals surface area (Å²) in [5, 5.41) is 1.11. The van der Waals surface area contributed by atoms with Crippen molar-refractivity contribution in [2.75, 3.05) is 109 Å². The first-order valence-corrected chi connectivity index (χ1v) is 18.8. The maximum Gasteiger partial charge on any atom is 0.255 e. The lowest BCUT2D eigenvalue weighted by Gasteiger charge is -2.26. The number of halogens is 4. The summed E-state index contributed by atoms with van der Waals surface area (Å²) >= 11 is 12.9. The average Bonchev–Trinajstić information content (AvgIpc) is 2.97. The first-order chi connectivity index (χ1) is 21.8. The van der Waals surface area contributed by atoms with Crippen LogP contribution in [0.25, 0.3) is 0 Å². The van der Waals surface area contributed by atoms with Crippen LogP contribution in [0.2, 0.25) is 10.0 Å². The Labute approximate surface area is 320 Å². The van der Waals surface area contributed by atoms with Gasteiger partial charge in [-0.2, -0.15) is 0 Å². The van der Waals surface area contributed by atoms with Crippen molar-refractivity contribution < 1.29 is 9.59 Å². The third-order valence-electron chi connectivity index (χ3n) is 7.28. The molecule has 2 amide bonds. The maximum absolute atomic E-state index is 14.0. The highest BCUT2D eigenvalue weighted by atomic mass is 35.5. The van der Waals surface area contributed by atoms with E-state index in [1.54, 1.807) is 12.1 Å². The predicted octanol–water partition coefficient (Wildman–Crippen LogP) is 7.33. The van der Waals surface area contributed by atoms with Gasteiger partial charge in [-0.05, 0) is 145 Å². The Kier molecular flexibility index (Phi) is 24.6. The maximum atomic E-state index is 14.0. The lowest BCUT2D eigenvalue weighted by atomic mass is 10.1. The predicted molar refractivity (Wildman–Crippen MR) is 214 cm³/mol. The van der Waals surface area contributed by atoms with Crippen molar-refractivity contribution in [2.24, 2.45) is 0 Å². The molecule has 0 aromatic heterocycles. The van der Waals surface area contributed by atoms with E-state index in [2.05, 4.69) is 19.6 Å². The molecule has 14 heteroatoms. The molecule has 0 N–H and O–H groups in total. The minimum absolute atomic E-state index is 0. The molecule has 2 aromatic rings. The zero-order valence-electron chi connectivity index (χ0n) is 29.8. The molecule has 0 fully saturated rings. The zero-order valence-corrected chi connectivity index (χ0v) is 34.6. The SMILES string of the molecule is CN(C)CCCN(CCCN(C)C)C(=O)c1ccc(Cl)cc1SSc1cc(Cl)ccc1C(=O)N(CCCN(C)C)CCCN(C)C.Cl.Cl. The van der Waals surface area contributed by atoms with E-state index in [0.717, 1.165) is 61.7 Å². The average molecular weight is 787 g/mol. The molecule has 0 aliphatic rings. The van der Waals surface area contributed by atoms with Crippen molar-refractivity contribution in [1.82, 2.24) is 29.4 Å². The fourth-order valence-corrected chi connectivity index (χ4v) is 7.71. The number of carbonyl (C=O) groups is 2. The minimum atomic E-state index is -0.00682. The van der Waals surface area contributed by atoms with Gasteiger partial charge in [0.15, 0.2) is 0 Å². The molecule has 274 valence electrons. The Morgan fingerprint density at radius 1 is 0.500 bits per heavy atom. The summed E-state index contributed by atoms with van der Waals surface area (Å²) in [4.78, 5) is 42.0. The van der Waals surface area contributed by atoms with Crippen LogP contribution in [0.5, 0.6) is 0 Å². The number of amides is 2. The van der Waals surface area contributed by atoms with Crippen molar-refractivity contribution in [3.63, 3.8) is 0 Å². The van der Waals surface area contributed by atoms with Gasteiger partial charge >= 0.3 is 0 Å². The van der Waals surface area contributed by atoms with Crippen molar-refractivity contribution in [2.45, 2.75) is 35.5 Å². The second kappa shape index (κ2) is 25.1. The Morgan fingerprint density at radius 3 is 1.02 bits per heavy atom. The van der Waals surface area contributed by atoms with Gasteiger partial charge in [-0.15, -0.1) is 24.8 Å². The molecule has 0 spiro atoms. The number of benzene rings is 2. The van der Waals surface area contributed by atoms with Crippen LogP contribution in [-0.4, -0.2) is 150 Å². The first-order valence-electron chi connectivity index (χ1n) is 15.9. The van der Waals surface area contributed by atoms with Crippen LogP contribution in [-0.2, 0) is 0 Å². The fourth-order valence-electron chi connectivity index (χ4n) is 4.86. The molecule has 0 aliphatic heterocycles. The third kappa shape index (κ3) is 17.8. The summed E-state index contributed by atoms with van der Waals surface area (Å²) in [6.45, 7) is 6.32. The highest BCUT2D eigenvalue weighted by molar-refractivity contribution is 8.76. The molecule has 0 aliphatic carbocycles. The lowest BCUT2D eigenvalue weighted by Crippen LogP contribution is -2.35. The Morgan fingerprint density at radius 2 is 0.771 bits per heavy atom. The van der Waals surface area contributed by atoms with E-state index in [1.165, 1.54) is 21.6 Å². The first kappa shape index (κ1) is 47.1. The fraction of sp³-hybridized carbons (Fsp3) is 0.588. The standard InChI is InChI=1S/C34H54Cl2N6O2S2.2ClH/c1-37(2)17-9-21-41(22-10-18-38(3)4)33(43)29-15-13-27(35)25-31(29)45-46-32-26-28(36)14-16-30(32)34(44)42(23-11-19-39(5)6)24-12-20-40(7)8;;/h13-16,25-26H,9-12,17-24H2,1-8H3;2*1H. The molecule has 0 bridgehead atoms. The molecule has 0 saturated heterocycles. The summed E-state index contributed by atoms with van der Waals surface area (Å²) in [5.41, 5.74) is 1.22. The van der Waals surface area contributed by atoms with Gasteiger partial charge in [-0.3, -0.25) is 9.59 Å². The van der Waals surface area contributed by atoms with Crippen LogP contribution in [0, 0.1) is 0 Å². The van der Waals surface area contributed by atoms with Crippen LogP contribution >= 0.6 is 69.6 Å². The van der Waals surface area contributed by atoms with Crippen molar-refractivity contribution in [1.29, 1.82) is 0 Å². The normalized spacial score (nSPS) is 11.2. The number of carbonyl (C=O) groups excluding carboxylic acids is 2. The monoisotopic (exact) mass is 784 g/mol. The van der Waals surface area contributed by atoms with Crippen LogP contribution in [0.4, 0.5) is 0 Å². The van der Waals surface area contributed by atoms with Gasteiger partial charge in [0.2, 0.25) is 0 Å². The molecular weight excluding hydrogens is 730 g/mol. The topological polar surface area (TPSA) is 53.6 Å².